The van der Waals surface area contributed by atoms with E-state index in [0.29, 0.717) is 13.2 Å². The summed E-state index contributed by atoms with van der Waals surface area (Å²) >= 11 is 0. The average molecular weight is 231 g/mol. The van der Waals surface area contributed by atoms with Crippen molar-refractivity contribution in [2.75, 3.05) is 40.9 Å². The SMILES string of the molecule is COCCNC(=O)CNC(C)C(=O)N(C)C. The van der Waals surface area contributed by atoms with Crippen LogP contribution in [0.25, 0.3) is 0 Å². The maximum Gasteiger partial charge on any atom is 0.238 e. The quantitative estimate of drug-likeness (QED) is 0.541. The normalized spacial score (nSPS) is 12.0. The molecule has 0 rings (SSSR count). The molecule has 94 valence electrons. The lowest BCUT2D eigenvalue weighted by Gasteiger charge is -2.17. The molecular formula is C10H21N3O3. The second-order valence-electron chi connectivity index (χ2n) is 3.68. The fourth-order valence-corrected chi connectivity index (χ4v) is 1.08. The monoisotopic (exact) mass is 231 g/mol. The zero-order valence-corrected chi connectivity index (χ0v) is 10.4. The standard InChI is InChI=1S/C10H21N3O3/c1-8(10(15)13(2)3)12-7-9(14)11-5-6-16-4/h8,12H,5-7H2,1-4H3,(H,11,14). The minimum Gasteiger partial charge on any atom is -0.383 e. The molecule has 0 bridgehead atoms. The summed E-state index contributed by atoms with van der Waals surface area (Å²) in [6.45, 7) is 2.82. The molecule has 0 saturated carbocycles. The summed E-state index contributed by atoms with van der Waals surface area (Å²) < 4.78 is 4.79. The molecule has 0 aliphatic heterocycles. The number of carbonyl (C=O) groups is 2. The van der Waals surface area contributed by atoms with Crippen LogP contribution in [-0.4, -0.2) is 63.7 Å². The van der Waals surface area contributed by atoms with E-state index in [0.717, 1.165) is 0 Å². The minimum absolute atomic E-state index is 0.0512. The van der Waals surface area contributed by atoms with E-state index in [9.17, 15) is 9.59 Å². The van der Waals surface area contributed by atoms with Gasteiger partial charge in [-0.2, -0.15) is 0 Å². The van der Waals surface area contributed by atoms with Crippen molar-refractivity contribution in [3.8, 4) is 0 Å². The number of likely N-dealkylation sites (N-methyl/N-ethyl adjacent to an activating group) is 1. The number of amides is 2. The number of nitrogens with one attached hydrogen (secondary N) is 2. The Kier molecular flexibility index (Phi) is 7.49. The fraction of sp³-hybridized carbons (Fsp3) is 0.800. The van der Waals surface area contributed by atoms with Gasteiger partial charge in [0.05, 0.1) is 19.2 Å². The molecule has 0 radical (unpaired) electrons. The van der Waals surface area contributed by atoms with Crippen LogP contribution in [0.4, 0.5) is 0 Å². The highest BCUT2D eigenvalue weighted by atomic mass is 16.5. The van der Waals surface area contributed by atoms with Crippen LogP contribution in [0.3, 0.4) is 0 Å². The van der Waals surface area contributed by atoms with E-state index in [2.05, 4.69) is 10.6 Å². The third-order valence-corrected chi connectivity index (χ3v) is 2.01. The predicted octanol–water partition coefficient (Wildman–Crippen LogP) is -1.18. The lowest BCUT2D eigenvalue weighted by molar-refractivity contribution is -0.130. The van der Waals surface area contributed by atoms with Crippen molar-refractivity contribution in [3.63, 3.8) is 0 Å². The Bertz CT molecular complexity index is 231. The van der Waals surface area contributed by atoms with Gasteiger partial charge in [-0.15, -0.1) is 0 Å². The molecule has 16 heavy (non-hydrogen) atoms. The first-order chi connectivity index (χ1) is 7.49. The molecule has 6 heteroatoms. The van der Waals surface area contributed by atoms with E-state index in [-0.39, 0.29) is 24.4 Å². The molecule has 0 aromatic heterocycles. The molecule has 0 aliphatic rings. The van der Waals surface area contributed by atoms with Crippen LogP contribution >= 0.6 is 0 Å². The molecule has 0 saturated heterocycles. The maximum atomic E-state index is 11.4. The Morgan fingerprint density at radius 2 is 2.00 bits per heavy atom. The molecule has 2 N–H and O–H groups in total. The molecule has 2 amide bonds. The lowest BCUT2D eigenvalue weighted by atomic mass is 10.3. The molecular weight excluding hydrogens is 210 g/mol. The number of hydrogen-bond acceptors (Lipinski definition) is 4. The number of nitrogens with zero attached hydrogens (tertiary/aromatic N) is 1. The summed E-state index contributed by atoms with van der Waals surface area (Å²) in [5.74, 6) is -0.194. The summed E-state index contributed by atoms with van der Waals surface area (Å²) in [4.78, 5) is 24.2. The molecule has 1 atom stereocenters. The van der Waals surface area contributed by atoms with E-state index >= 15 is 0 Å². The number of hydrogen-bond donors (Lipinski definition) is 2. The summed E-state index contributed by atoms with van der Waals surface area (Å²) in [5, 5.41) is 5.50. The zero-order chi connectivity index (χ0) is 12.6. The Hall–Kier alpha value is -1.14. The number of carbonyl (C=O) groups excluding carboxylic acids is 2. The van der Waals surface area contributed by atoms with E-state index in [1.54, 1.807) is 28.1 Å². The van der Waals surface area contributed by atoms with Crippen LogP contribution in [0, 0.1) is 0 Å². The molecule has 0 aliphatic carbocycles. The zero-order valence-electron chi connectivity index (χ0n) is 10.4. The van der Waals surface area contributed by atoms with E-state index in [1.807, 2.05) is 0 Å². The van der Waals surface area contributed by atoms with Crippen LogP contribution in [0.2, 0.25) is 0 Å². The number of methoxy groups -OCH3 is 1. The summed E-state index contributed by atoms with van der Waals surface area (Å²) in [7, 11) is 4.93. The Morgan fingerprint density at radius 3 is 2.50 bits per heavy atom. The highest BCUT2D eigenvalue weighted by molar-refractivity contribution is 5.83. The fourth-order valence-electron chi connectivity index (χ4n) is 1.08. The van der Waals surface area contributed by atoms with Crippen LogP contribution in [0.1, 0.15) is 6.92 Å². The second-order valence-corrected chi connectivity index (χ2v) is 3.68. The molecule has 0 heterocycles. The lowest BCUT2D eigenvalue weighted by Crippen LogP contribution is -2.45. The van der Waals surface area contributed by atoms with Gasteiger partial charge in [-0.05, 0) is 6.92 Å². The Morgan fingerprint density at radius 1 is 1.38 bits per heavy atom. The van der Waals surface area contributed by atoms with Gasteiger partial charge in [0.1, 0.15) is 0 Å². The highest BCUT2D eigenvalue weighted by Crippen LogP contribution is 1.87. The molecule has 0 aromatic carbocycles. The minimum atomic E-state index is -0.358. The smallest absolute Gasteiger partial charge is 0.238 e. The van der Waals surface area contributed by atoms with Gasteiger partial charge in [0.15, 0.2) is 0 Å². The van der Waals surface area contributed by atoms with Crippen molar-refractivity contribution in [1.82, 2.24) is 15.5 Å². The maximum absolute atomic E-state index is 11.4. The first-order valence-corrected chi connectivity index (χ1v) is 5.19. The van der Waals surface area contributed by atoms with Crippen molar-refractivity contribution < 1.29 is 14.3 Å². The van der Waals surface area contributed by atoms with Gasteiger partial charge in [0, 0.05) is 27.7 Å². The molecule has 6 nitrogen and oxygen atoms in total. The van der Waals surface area contributed by atoms with Crippen molar-refractivity contribution in [1.29, 1.82) is 0 Å². The summed E-state index contributed by atoms with van der Waals surface area (Å²) in [6, 6.07) is -0.358. The van der Waals surface area contributed by atoms with Gasteiger partial charge in [-0.1, -0.05) is 0 Å². The average Bonchev–Trinajstić information content (AvgIpc) is 2.25. The van der Waals surface area contributed by atoms with Crippen LogP contribution in [-0.2, 0) is 14.3 Å². The van der Waals surface area contributed by atoms with Gasteiger partial charge >= 0.3 is 0 Å². The van der Waals surface area contributed by atoms with Gasteiger partial charge in [0.2, 0.25) is 11.8 Å². The summed E-state index contributed by atoms with van der Waals surface area (Å²) in [6.07, 6.45) is 0. The summed E-state index contributed by atoms with van der Waals surface area (Å²) in [5.41, 5.74) is 0. The number of ether oxygens (including phenoxy) is 1. The first-order valence-electron chi connectivity index (χ1n) is 5.19. The molecule has 0 aromatic rings. The molecule has 0 fully saturated rings. The Balaban J connectivity index is 3.70. The van der Waals surface area contributed by atoms with Crippen molar-refractivity contribution in [3.05, 3.63) is 0 Å². The second kappa shape index (κ2) is 8.06. The van der Waals surface area contributed by atoms with Gasteiger partial charge in [0.25, 0.3) is 0 Å². The van der Waals surface area contributed by atoms with Crippen molar-refractivity contribution >= 4 is 11.8 Å². The molecule has 0 spiro atoms. The predicted molar refractivity (Wildman–Crippen MR) is 61.0 cm³/mol. The van der Waals surface area contributed by atoms with E-state index in [4.69, 9.17) is 4.74 Å². The Labute approximate surface area is 96.3 Å². The van der Waals surface area contributed by atoms with Gasteiger partial charge in [-0.3, -0.25) is 14.9 Å². The topological polar surface area (TPSA) is 70.7 Å². The number of rotatable bonds is 7. The largest absolute Gasteiger partial charge is 0.383 e. The van der Waals surface area contributed by atoms with Gasteiger partial charge in [-0.25, -0.2) is 0 Å². The third kappa shape index (κ3) is 6.36. The van der Waals surface area contributed by atoms with Crippen molar-refractivity contribution in [2.24, 2.45) is 0 Å². The van der Waals surface area contributed by atoms with Gasteiger partial charge < -0.3 is 15.0 Å². The third-order valence-electron chi connectivity index (χ3n) is 2.01. The van der Waals surface area contributed by atoms with Crippen LogP contribution < -0.4 is 10.6 Å². The van der Waals surface area contributed by atoms with E-state index < -0.39 is 0 Å². The van der Waals surface area contributed by atoms with Crippen LogP contribution in [0.5, 0.6) is 0 Å². The molecule has 1 unspecified atom stereocenters. The highest BCUT2D eigenvalue weighted by Gasteiger charge is 2.14. The van der Waals surface area contributed by atoms with Crippen LogP contribution in [0.15, 0.2) is 0 Å². The van der Waals surface area contributed by atoms with E-state index in [1.165, 1.54) is 4.90 Å². The van der Waals surface area contributed by atoms with Crippen molar-refractivity contribution in [2.45, 2.75) is 13.0 Å². The first kappa shape index (κ1) is 14.9.